The van der Waals surface area contributed by atoms with E-state index in [0.717, 1.165) is 5.56 Å². The topological polar surface area (TPSA) is 72.9 Å². The number of ether oxygens (including phenoxy) is 2. The molecule has 0 aromatic heterocycles. The summed E-state index contributed by atoms with van der Waals surface area (Å²) in [7, 11) is -1.61. The predicted octanol–water partition coefficient (Wildman–Crippen LogP) is 2.94. The van der Waals surface area contributed by atoms with Gasteiger partial charge in [0.1, 0.15) is 0 Å². The van der Waals surface area contributed by atoms with Gasteiger partial charge in [-0.3, -0.25) is 4.79 Å². The number of carbonyl (C=O) groups excluding carboxylic acids is 1. The number of nitrogens with zero attached hydrogens (tertiary/aromatic N) is 1. The lowest BCUT2D eigenvalue weighted by atomic mass is 10.1. The van der Waals surface area contributed by atoms with E-state index in [1.165, 1.54) is 7.11 Å². The van der Waals surface area contributed by atoms with E-state index in [0.29, 0.717) is 22.9 Å². The van der Waals surface area contributed by atoms with Crippen LogP contribution in [0.25, 0.3) is 0 Å². The highest BCUT2D eigenvalue weighted by molar-refractivity contribution is 7.91. The first kappa shape index (κ1) is 20.5. The second-order valence-electron chi connectivity index (χ2n) is 6.65. The predicted molar refractivity (Wildman–Crippen MR) is 108 cm³/mol. The Balaban J connectivity index is 1.76. The Hall–Kier alpha value is -2.25. The van der Waals surface area contributed by atoms with Gasteiger partial charge < -0.3 is 14.4 Å². The van der Waals surface area contributed by atoms with Gasteiger partial charge in [-0.25, -0.2) is 8.42 Å². The number of hydrogen-bond acceptors (Lipinski definition) is 5. The minimum atomic E-state index is -3.13. The molecule has 1 unspecified atom stereocenters. The monoisotopic (exact) mass is 423 g/mol. The maximum Gasteiger partial charge on any atom is 0.261 e. The van der Waals surface area contributed by atoms with Gasteiger partial charge in [-0.2, -0.15) is 0 Å². The van der Waals surface area contributed by atoms with Crippen molar-refractivity contribution >= 4 is 27.3 Å². The Kier molecular flexibility index (Phi) is 6.46. The Labute approximate surface area is 169 Å². The van der Waals surface area contributed by atoms with Crippen molar-refractivity contribution in [1.82, 2.24) is 4.90 Å². The first-order valence-electron chi connectivity index (χ1n) is 8.88. The molecule has 2 aromatic carbocycles. The first-order chi connectivity index (χ1) is 13.4. The van der Waals surface area contributed by atoms with E-state index in [2.05, 4.69) is 0 Å². The largest absolute Gasteiger partial charge is 0.493 e. The van der Waals surface area contributed by atoms with E-state index in [9.17, 15) is 13.2 Å². The molecular formula is C20H22ClNO5S. The summed E-state index contributed by atoms with van der Waals surface area (Å²) >= 11 is 6.05. The van der Waals surface area contributed by atoms with E-state index in [4.69, 9.17) is 21.1 Å². The number of para-hydroxylation sites is 2. The van der Waals surface area contributed by atoms with Crippen molar-refractivity contribution in [3.05, 3.63) is 59.1 Å². The minimum absolute atomic E-state index is 0.0338. The Morgan fingerprint density at radius 1 is 1.18 bits per heavy atom. The highest BCUT2D eigenvalue weighted by Crippen LogP contribution is 2.26. The number of halogens is 1. The Morgan fingerprint density at radius 3 is 2.57 bits per heavy atom. The highest BCUT2D eigenvalue weighted by Gasteiger charge is 2.34. The van der Waals surface area contributed by atoms with E-state index in [1.54, 1.807) is 41.3 Å². The van der Waals surface area contributed by atoms with Crippen LogP contribution in [0, 0.1) is 0 Å². The van der Waals surface area contributed by atoms with Crippen LogP contribution in [0.5, 0.6) is 11.5 Å². The average molecular weight is 424 g/mol. The molecule has 0 N–H and O–H groups in total. The molecule has 2 aromatic rings. The third-order valence-electron chi connectivity index (χ3n) is 4.63. The van der Waals surface area contributed by atoms with Gasteiger partial charge in [0, 0.05) is 17.6 Å². The number of benzene rings is 2. The van der Waals surface area contributed by atoms with E-state index >= 15 is 0 Å². The van der Waals surface area contributed by atoms with Crippen molar-refractivity contribution in [3.8, 4) is 11.5 Å². The van der Waals surface area contributed by atoms with E-state index in [1.807, 2.05) is 12.1 Å². The summed E-state index contributed by atoms with van der Waals surface area (Å²) in [6, 6.07) is 13.9. The first-order valence-corrected chi connectivity index (χ1v) is 11.1. The molecule has 0 radical (unpaired) electrons. The number of rotatable bonds is 7. The van der Waals surface area contributed by atoms with Crippen LogP contribution < -0.4 is 9.47 Å². The Bertz CT molecular complexity index is 947. The lowest BCUT2D eigenvalue weighted by Crippen LogP contribution is -2.43. The van der Waals surface area contributed by atoms with Crippen LogP contribution in [-0.2, 0) is 21.2 Å². The number of carbonyl (C=O) groups is 1. The highest BCUT2D eigenvalue weighted by atomic mass is 35.5. The SMILES string of the molecule is COc1ccccc1OCC(=O)N(Cc1cccc(Cl)c1)C1CCS(=O)(=O)C1. The van der Waals surface area contributed by atoms with Crippen molar-refractivity contribution in [2.75, 3.05) is 25.2 Å². The molecule has 0 bridgehead atoms. The fourth-order valence-corrected chi connectivity index (χ4v) is 5.18. The number of sulfone groups is 1. The summed E-state index contributed by atoms with van der Waals surface area (Å²) in [6.07, 6.45) is 0.420. The second kappa shape index (κ2) is 8.84. The van der Waals surface area contributed by atoms with Crippen molar-refractivity contribution in [2.45, 2.75) is 19.0 Å². The second-order valence-corrected chi connectivity index (χ2v) is 9.31. The summed E-state index contributed by atoms with van der Waals surface area (Å²) in [5.74, 6) is 0.756. The van der Waals surface area contributed by atoms with Crippen LogP contribution in [0.1, 0.15) is 12.0 Å². The van der Waals surface area contributed by atoms with Crippen molar-refractivity contribution < 1.29 is 22.7 Å². The lowest BCUT2D eigenvalue weighted by Gasteiger charge is -2.28. The standard InChI is InChI=1S/C20H22ClNO5S/c1-26-18-7-2-3-8-19(18)27-13-20(23)22(17-9-10-28(24,25)14-17)12-15-5-4-6-16(21)11-15/h2-8,11,17H,9-10,12-14H2,1H3. The van der Waals surface area contributed by atoms with Gasteiger partial charge >= 0.3 is 0 Å². The molecule has 3 rings (SSSR count). The van der Waals surface area contributed by atoms with Gasteiger partial charge in [-0.05, 0) is 36.2 Å². The van der Waals surface area contributed by atoms with Crippen LogP contribution >= 0.6 is 11.6 Å². The average Bonchev–Trinajstić information content (AvgIpc) is 3.04. The molecule has 0 spiro atoms. The Morgan fingerprint density at radius 2 is 1.93 bits per heavy atom. The molecule has 150 valence electrons. The van der Waals surface area contributed by atoms with Gasteiger partial charge in [0.2, 0.25) is 0 Å². The van der Waals surface area contributed by atoms with Gasteiger partial charge in [-0.15, -0.1) is 0 Å². The molecule has 1 fully saturated rings. The summed E-state index contributed by atoms with van der Waals surface area (Å²) in [4.78, 5) is 14.5. The van der Waals surface area contributed by atoms with E-state index in [-0.39, 0.29) is 36.6 Å². The molecule has 1 aliphatic heterocycles. The molecule has 0 aliphatic carbocycles. The molecule has 28 heavy (non-hydrogen) atoms. The normalized spacial score (nSPS) is 17.9. The number of amides is 1. The summed E-state index contributed by atoms with van der Waals surface area (Å²) < 4.78 is 34.7. The zero-order valence-corrected chi connectivity index (χ0v) is 17.1. The maximum atomic E-state index is 12.9. The van der Waals surface area contributed by atoms with Gasteiger partial charge in [0.25, 0.3) is 5.91 Å². The summed E-state index contributed by atoms with van der Waals surface area (Å²) in [6.45, 7) is 0.0619. The fraction of sp³-hybridized carbons (Fsp3) is 0.350. The van der Waals surface area contributed by atoms with Crippen LogP contribution in [0.2, 0.25) is 5.02 Å². The smallest absolute Gasteiger partial charge is 0.261 e. The van der Waals surface area contributed by atoms with Crippen LogP contribution in [0.4, 0.5) is 0 Å². The lowest BCUT2D eigenvalue weighted by molar-refractivity contribution is -0.136. The molecule has 0 saturated carbocycles. The van der Waals surface area contributed by atoms with Crippen molar-refractivity contribution in [1.29, 1.82) is 0 Å². The maximum absolute atomic E-state index is 12.9. The quantitative estimate of drug-likeness (QED) is 0.684. The third kappa shape index (κ3) is 5.17. The zero-order valence-electron chi connectivity index (χ0n) is 15.5. The van der Waals surface area contributed by atoms with Gasteiger partial charge in [0.15, 0.2) is 27.9 Å². The van der Waals surface area contributed by atoms with Crippen LogP contribution in [-0.4, -0.2) is 50.5 Å². The van der Waals surface area contributed by atoms with E-state index < -0.39 is 9.84 Å². The van der Waals surface area contributed by atoms with Gasteiger partial charge in [-0.1, -0.05) is 35.9 Å². The molecule has 8 heteroatoms. The summed E-state index contributed by atoms with van der Waals surface area (Å²) in [5.41, 5.74) is 0.836. The molecule has 1 heterocycles. The molecule has 6 nitrogen and oxygen atoms in total. The molecule has 1 saturated heterocycles. The summed E-state index contributed by atoms with van der Waals surface area (Å²) in [5, 5.41) is 0.564. The molecule has 1 amide bonds. The van der Waals surface area contributed by atoms with Crippen LogP contribution in [0.3, 0.4) is 0 Å². The van der Waals surface area contributed by atoms with Gasteiger partial charge in [0.05, 0.1) is 18.6 Å². The third-order valence-corrected chi connectivity index (χ3v) is 6.62. The van der Waals surface area contributed by atoms with Crippen LogP contribution in [0.15, 0.2) is 48.5 Å². The fourth-order valence-electron chi connectivity index (χ4n) is 3.23. The van der Waals surface area contributed by atoms with Crippen molar-refractivity contribution in [2.24, 2.45) is 0 Å². The molecule has 1 aliphatic rings. The van der Waals surface area contributed by atoms with Crippen molar-refractivity contribution in [3.63, 3.8) is 0 Å². The number of hydrogen-bond donors (Lipinski definition) is 0. The molecule has 1 atom stereocenters. The zero-order chi connectivity index (χ0) is 20.1. The molecular weight excluding hydrogens is 402 g/mol. The number of methoxy groups -OCH3 is 1. The minimum Gasteiger partial charge on any atom is -0.493 e.